The molecule has 0 radical (unpaired) electrons. The molecule has 7 heteroatoms. The molecule has 33 heavy (non-hydrogen) atoms. The normalized spacial score (nSPS) is 17.4. The van der Waals surface area contributed by atoms with Gasteiger partial charge >= 0.3 is 0 Å². The van der Waals surface area contributed by atoms with Gasteiger partial charge in [-0.05, 0) is 60.5 Å². The third-order valence-corrected chi connectivity index (χ3v) is 7.22. The van der Waals surface area contributed by atoms with Crippen LogP contribution in [0.3, 0.4) is 0 Å². The molecule has 3 aromatic rings. The summed E-state index contributed by atoms with van der Waals surface area (Å²) in [5.41, 5.74) is 1.64. The van der Waals surface area contributed by atoms with Crippen molar-refractivity contribution in [2.24, 2.45) is 0 Å². The highest BCUT2D eigenvalue weighted by Gasteiger charge is 2.38. The molecule has 0 bridgehead atoms. The molecule has 1 saturated carbocycles. The van der Waals surface area contributed by atoms with Crippen molar-refractivity contribution < 1.29 is 18.7 Å². The summed E-state index contributed by atoms with van der Waals surface area (Å²) < 4.78 is 19.9. The molecule has 5 nitrogen and oxygen atoms in total. The lowest BCUT2D eigenvalue weighted by Gasteiger charge is -2.37. The summed E-state index contributed by atoms with van der Waals surface area (Å²) in [6.07, 6.45) is 2.60. The van der Waals surface area contributed by atoms with E-state index in [9.17, 15) is 14.0 Å². The van der Waals surface area contributed by atoms with Gasteiger partial charge in [0.05, 0.1) is 6.04 Å². The Kier molecular flexibility index (Phi) is 6.13. The van der Waals surface area contributed by atoms with Crippen LogP contribution < -0.4 is 4.74 Å². The SMILES string of the molecule is O=C(c1ccccc1)N(CC(=O)N1CCc2sccc2[C@@H]1COc1ccccc1F)C1CC1. The number of ether oxygens (including phenoxy) is 1. The minimum Gasteiger partial charge on any atom is -0.488 e. The monoisotopic (exact) mass is 464 g/mol. The van der Waals surface area contributed by atoms with Gasteiger partial charge in [-0.15, -0.1) is 11.3 Å². The first-order valence-electron chi connectivity index (χ1n) is 11.2. The van der Waals surface area contributed by atoms with Gasteiger partial charge in [0.25, 0.3) is 5.91 Å². The zero-order valence-electron chi connectivity index (χ0n) is 18.2. The molecular formula is C26H25FN2O3S. The van der Waals surface area contributed by atoms with E-state index in [1.165, 1.54) is 10.9 Å². The molecule has 1 aromatic heterocycles. The standard InChI is InChI=1S/C26H25FN2O3S/c27-21-8-4-5-9-23(21)32-17-22-20-13-15-33-24(20)12-14-28(22)25(30)16-29(19-10-11-19)26(31)18-6-2-1-3-7-18/h1-9,13,15,19,22H,10-12,14,16-17H2/t22-/m0/s1. The van der Waals surface area contributed by atoms with E-state index in [2.05, 4.69) is 0 Å². The number of benzene rings is 2. The Morgan fingerprint density at radius 3 is 2.58 bits per heavy atom. The van der Waals surface area contributed by atoms with Crippen LogP contribution in [0.2, 0.25) is 0 Å². The highest BCUT2D eigenvalue weighted by molar-refractivity contribution is 7.10. The first-order chi connectivity index (χ1) is 16.1. The summed E-state index contributed by atoms with van der Waals surface area (Å²) in [6.45, 7) is 0.746. The Bertz CT molecular complexity index is 1150. The summed E-state index contributed by atoms with van der Waals surface area (Å²) in [5.74, 6) is -0.472. The Morgan fingerprint density at radius 2 is 1.82 bits per heavy atom. The van der Waals surface area contributed by atoms with Crippen molar-refractivity contribution in [2.75, 3.05) is 19.7 Å². The molecule has 2 heterocycles. The quantitative estimate of drug-likeness (QED) is 0.510. The summed E-state index contributed by atoms with van der Waals surface area (Å²) >= 11 is 1.67. The maximum atomic E-state index is 14.1. The van der Waals surface area contributed by atoms with Crippen LogP contribution in [0.5, 0.6) is 5.75 Å². The van der Waals surface area contributed by atoms with E-state index in [-0.39, 0.29) is 42.8 Å². The lowest BCUT2D eigenvalue weighted by atomic mass is 10.0. The fourth-order valence-electron chi connectivity index (χ4n) is 4.34. The Balaban J connectivity index is 1.35. The average molecular weight is 465 g/mol. The number of hydrogen-bond acceptors (Lipinski definition) is 4. The number of thiophene rings is 1. The van der Waals surface area contributed by atoms with E-state index in [1.807, 2.05) is 29.6 Å². The molecule has 1 atom stereocenters. The Morgan fingerprint density at radius 1 is 1.06 bits per heavy atom. The Hall–Kier alpha value is -3.19. The van der Waals surface area contributed by atoms with Gasteiger partial charge in [-0.25, -0.2) is 4.39 Å². The van der Waals surface area contributed by atoms with Crippen molar-refractivity contribution >= 4 is 23.2 Å². The number of nitrogens with zero attached hydrogens (tertiary/aromatic N) is 2. The molecular weight excluding hydrogens is 439 g/mol. The molecule has 2 aromatic carbocycles. The Labute approximate surface area is 196 Å². The highest BCUT2D eigenvalue weighted by atomic mass is 32.1. The van der Waals surface area contributed by atoms with E-state index in [0.29, 0.717) is 12.1 Å². The maximum absolute atomic E-state index is 14.1. The van der Waals surface area contributed by atoms with Crippen LogP contribution in [0.1, 0.15) is 39.7 Å². The second-order valence-corrected chi connectivity index (χ2v) is 9.42. The highest BCUT2D eigenvalue weighted by Crippen LogP contribution is 2.35. The minimum atomic E-state index is -0.426. The number of rotatable bonds is 7. The van der Waals surface area contributed by atoms with Crippen LogP contribution in [0.25, 0.3) is 0 Å². The van der Waals surface area contributed by atoms with Crippen LogP contribution in [0.15, 0.2) is 66.0 Å². The maximum Gasteiger partial charge on any atom is 0.254 e. The lowest BCUT2D eigenvalue weighted by molar-refractivity contribution is -0.135. The van der Waals surface area contributed by atoms with Crippen LogP contribution in [-0.2, 0) is 11.2 Å². The van der Waals surface area contributed by atoms with Crippen LogP contribution in [-0.4, -0.2) is 47.4 Å². The van der Waals surface area contributed by atoms with Crippen molar-refractivity contribution in [3.8, 4) is 5.75 Å². The predicted octanol–water partition coefficient (Wildman–Crippen LogP) is 4.70. The van der Waals surface area contributed by atoms with Crippen LogP contribution >= 0.6 is 11.3 Å². The molecule has 2 aliphatic rings. The van der Waals surface area contributed by atoms with Crippen molar-refractivity contribution in [3.63, 3.8) is 0 Å². The topological polar surface area (TPSA) is 49.9 Å². The summed E-state index contributed by atoms with van der Waals surface area (Å²) in [6, 6.07) is 17.2. The lowest BCUT2D eigenvalue weighted by Crippen LogP contribution is -2.48. The molecule has 0 N–H and O–H groups in total. The van der Waals surface area contributed by atoms with Crippen molar-refractivity contribution in [2.45, 2.75) is 31.3 Å². The van der Waals surface area contributed by atoms with Gasteiger partial charge in [0.15, 0.2) is 11.6 Å². The summed E-state index contributed by atoms with van der Waals surface area (Å²) in [4.78, 5) is 31.3. The van der Waals surface area contributed by atoms with Crippen molar-refractivity contribution in [3.05, 3.63) is 87.9 Å². The van der Waals surface area contributed by atoms with Gasteiger partial charge in [0.1, 0.15) is 13.2 Å². The molecule has 0 unspecified atom stereocenters. The first-order valence-corrected chi connectivity index (χ1v) is 12.1. The van der Waals surface area contributed by atoms with E-state index >= 15 is 0 Å². The van der Waals surface area contributed by atoms with Gasteiger partial charge in [-0.2, -0.15) is 0 Å². The third-order valence-electron chi connectivity index (χ3n) is 6.22. The number of carbonyl (C=O) groups is 2. The summed E-state index contributed by atoms with van der Waals surface area (Å²) in [7, 11) is 0. The van der Waals surface area contributed by atoms with E-state index in [0.717, 1.165) is 24.8 Å². The zero-order chi connectivity index (χ0) is 22.8. The zero-order valence-corrected chi connectivity index (χ0v) is 19.0. The van der Waals surface area contributed by atoms with Gasteiger partial charge in [-0.1, -0.05) is 30.3 Å². The van der Waals surface area contributed by atoms with Gasteiger partial charge in [0.2, 0.25) is 5.91 Å². The van der Waals surface area contributed by atoms with Crippen LogP contribution in [0.4, 0.5) is 4.39 Å². The molecule has 2 amide bonds. The van der Waals surface area contributed by atoms with Gasteiger partial charge in [-0.3, -0.25) is 9.59 Å². The van der Waals surface area contributed by atoms with Crippen molar-refractivity contribution in [1.82, 2.24) is 9.80 Å². The fourth-order valence-corrected chi connectivity index (χ4v) is 5.27. The second kappa shape index (κ2) is 9.35. The molecule has 0 saturated heterocycles. The number of fused-ring (bicyclic) bond motifs is 1. The number of para-hydroxylation sites is 1. The molecule has 1 aliphatic carbocycles. The number of hydrogen-bond donors (Lipinski definition) is 0. The molecule has 5 rings (SSSR count). The summed E-state index contributed by atoms with van der Waals surface area (Å²) in [5, 5.41) is 2.02. The molecule has 1 aliphatic heterocycles. The number of halogens is 1. The molecule has 0 spiro atoms. The second-order valence-electron chi connectivity index (χ2n) is 8.42. The van der Waals surface area contributed by atoms with Gasteiger partial charge < -0.3 is 14.5 Å². The van der Waals surface area contributed by atoms with Crippen molar-refractivity contribution in [1.29, 1.82) is 0 Å². The fraction of sp³-hybridized carbons (Fsp3) is 0.308. The van der Waals surface area contributed by atoms with Gasteiger partial charge in [0, 0.05) is 23.0 Å². The minimum absolute atomic E-state index is 0.0358. The number of amides is 2. The largest absolute Gasteiger partial charge is 0.488 e. The van der Waals surface area contributed by atoms with E-state index < -0.39 is 5.82 Å². The first kappa shape index (κ1) is 21.6. The predicted molar refractivity (Wildman–Crippen MR) is 125 cm³/mol. The third kappa shape index (κ3) is 4.64. The molecule has 1 fully saturated rings. The number of carbonyl (C=O) groups excluding carboxylic acids is 2. The molecule has 170 valence electrons. The smallest absolute Gasteiger partial charge is 0.254 e. The van der Waals surface area contributed by atoms with E-state index in [4.69, 9.17) is 4.74 Å². The van der Waals surface area contributed by atoms with E-state index in [1.54, 1.807) is 51.5 Å². The average Bonchev–Trinajstić information content (AvgIpc) is 3.57. The van der Waals surface area contributed by atoms with Crippen LogP contribution in [0, 0.1) is 5.82 Å².